The van der Waals surface area contributed by atoms with Crippen molar-refractivity contribution in [3.63, 3.8) is 0 Å². The first-order chi connectivity index (χ1) is 18.9. The quantitative estimate of drug-likeness (QED) is 0.227. The molecule has 0 bridgehead atoms. The predicted octanol–water partition coefficient (Wildman–Crippen LogP) is 5.66. The summed E-state index contributed by atoms with van der Waals surface area (Å²) in [5.41, 5.74) is 2.19. The first-order valence-corrected chi connectivity index (χ1v) is 13.0. The number of aliphatic hydroxyl groups is 1. The molecule has 1 amide bonds. The minimum Gasteiger partial charge on any atom is -0.503 e. The van der Waals surface area contributed by atoms with Gasteiger partial charge in [0.25, 0.3) is 5.91 Å². The molecule has 5 rings (SSSR count). The highest BCUT2D eigenvalue weighted by Crippen LogP contribution is 2.44. The van der Waals surface area contributed by atoms with E-state index in [1.165, 1.54) is 29.4 Å². The number of carbonyl (C=O) groups is 3. The number of anilines is 1. The molecule has 1 aliphatic rings. The van der Waals surface area contributed by atoms with Crippen LogP contribution in [0.15, 0.2) is 90.2 Å². The van der Waals surface area contributed by atoms with Crippen LogP contribution in [0.2, 0.25) is 0 Å². The van der Waals surface area contributed by atoms with Crippen LogP contribution in [0.25, 0.3) is 16.3 Å². The average molecular weight is 541 g/mol. The Kier molecular flexibility index (Phi) is 7.25. The molecular formula is C30H24N2O6S. The summed E-state index contributed by atoms with van der Waals surface area (Å²) in [5.74, 6) is -1.75. The van der Waals surface area contributed by atoms with E-state index in [0.717, 1.165) is 10.3 Å². The Balaban J connectivity index is 1.59. The third kappa shape index (κ3) is 5.04. The number of methoxy groups -OCH3 is 1. The number of aliphatic hydroxyl groups excluding tert-OH is 1. The Morgan fingerprint density at radius 2 is 1.82 bits per heavy atom. The van der Waals surface area contributed by atoms with Gasteiger partial charge in [0.2, 0.25) is 0 Å². The van der Waals surface area contributed by atoms with E-state index in [1.54, 1.807) is 42.5 Å². The van der Waals surface area contributed by atoms with Gasteiger partial charge in [-0.25, -0.2) is 9.78 Å². The fourth-order valence-corrected chi connectivity index (χ4v) is 5.39. The normalized spacial score (nSPS) is 15.4. The Hall–Kier alpha value is -4.76. The zero-order valence-electron chi connectivity index (χ0n) is 21.2. The molecule has 0 fully saturated rings. The lowest BCUT2D eigenvalue weighted by atomic mass is 9.95. The number of ketones is 1. The van der Waals surface area contributed by atoms with Crippen molar-refractivity contribution in [2.45, 2.75) is 13.0 Å². The van der Waals surface area contributed by atoms with Crippen LogP contribution < -0.4 is 9.64 Å². The number of amides is 1. The molecule has 1 aromatic heterocycles. The second kappa shape index (κ2) is 10.9. The third-order valence-electron chi connectivity index (χ3n) is 6.21. The molecule has 1 aliphatic heterocycles. The lowest BCUT2D eigenvalue weighted by molar-refractivity contribution is -0.117. The SMILES string of the molecule is CCOc1ccc2nc(N3C(=O)C(O)=C(C(=O)/C=C/c4ccccc4)C3c3ccc(C(=O)OC)cc3)sc2c1. The first-order valence-electron chi connectivity index (χ1n) is 12.2. The van der Waals surface area contributed by atoms with Crippen molar-refractivity contribution in [2.24, 2.45) is 0 Å². The predicted molar refractivity (Wildman–Crippen MR) is 149 cm³/mol. The summed E-state index contributed by atoms with van der Waals surface area (Å²) < 4.78 is 11.2. The molecule has 2 heterocycles. The van der Waals surface area contributed by atoms with E-state index in [1.807, 2.05) is 43.3 Å². The van der Waals surface area contributed by atoms with Crippen molar-refractivity contribution in [3.05, 3.63) is 107 Å². The summed E-state index contributed by atoms with van der Waals surface area (Å²) in [7, 11) is 1.29. The number of aromatic nitrogens is 1. The van der Waals surface area contributed by atoms with Gasteiger partial charge in [-0.3, -0.25) is 14.5 Å². The number of thiazole rings is 1. The number of hydrogen-bond acceptors (Lipinski definition) is 8. The fourth-order valence-electron chi connectivity index (χ4n) is 4.37. The van der Waals surface area contributed by atoms with E-state index in [0.29, 0.717) is 34.1 Å². The summed E-state index contributed by atoms with van der Waals surface area (Å²) in [6.45, 7) is 2.39. The number of nitrogens with zero attached hydrogens (tertiary/aromatic N) is 2. The smallest absolute Gasteiger partial charge is 0.337 e. The molecule has 0 spiro atoms. The maximum Gasteiger partial charge on any atom is 0.337 e. The summed E-state index contributed by atoms with van der Waals surface area (Å²) in [6, 6.07) is 20.0. The summed E-state index contributed by atoms with van der Waals surface area (Å²) >= 11 is 1.25. The molecule has 39 heavy (non-hydrogen) atoms. The molecule has 196 valence electrons. The number of fused-ring (bicyclic) bond motifs is 1. The molecule has 3 aromatic carbocycles. The molecular weight excluding hydrogens is 516 g/mol. The van der Waals surface area contributed by atoms with Crippen molar-refractivity contribution < 1.29 is 29.0 Å². The number of benzene rings is 3. The van der Waals surface area contributed by atoms with Crippen LogP contribution >= 0.6 is 11.3 Å². The van der Waals surface area contributed by atoms with E-state index in [2.05, 4.69) is 4.98 Å². The van der Waals surface area contributed by atoms with Crippen LogP contribution in [0.1, 0.15) is 34.5 Å². The number of esters is 1. The fraction of sp³-hybridized carbons (Fsp3) is 0.133. The van der Waals surface area contributed by atoms with Crippen LogP contribution in [-0.2, 0) is 14.3 Å². The molecule has 4 aromatic rings. The van der Waals surface area contributed by atoms with Gasteiger partial charge in [-0.15, -0.1) is 0 Å². The van der Waals surface area contributed by atoms with Gasteiger partial charge in [-0.1, -0.05) is 59.9 Å². The minimum absolute atomic E-state index is 0.0766. The second-order valence-corrected chi connectivity index (χ2v) is 9.63. The number of allylic oxidation sites excluding steroid dienone is 1. The van der Waals surface area contributed by atoms with E-state index < -0.39 is 29.5 Å². The Morgan fingerprint density at radius 3 is 2.51 bits per heavy atom. The molecule has 0 radical (unpaired) electrons. The highest BCUT2D eigenvalue weighted by molar-refractivity contribution is 7.22. The van der Waals surface area contributed by atoms with E-state index in [-0.39, 0.29) is 5.57 Å². The van der Waals surface area contributed by atoms with Gasteiger partial charge in [0.15, 0.2) is 16.7 Å². The molecule has 1 N–H and O–H groups in total. The second-order valence-electron chi connectivity index (χ2n) is 8.62. The highest BCUT2D eigenvalue weighted by Gasteiger charge is 2.45. The van der Waals surface area contributed by atoms with Crippen molar-refractivity contribution in [1.82, 2.24) is 4.98 Å². The maximum atomic E-state index is 13.5. The van der Waals surface area contributed by atoms with Gasteiger partial charge in [0.1, 0.15) is 5.75 Å². The van der Waals surface area contributed by atoms with Crippen molar-refractivity contribution in [1.29, 1.82) is 0 Å². The zero-order valence-corrected chi connectivity index (χ0v) is 22.0. The average Bonchev–Trinajstić information content (AvgIpc) is 3.49. The van der Waals surface area contributed by atoms with E-state index in [4.69, 9.17) is 9.47 Å². The Bertz CT molecular complexity index is 1620. The van der Waals surface area contributed by atoms with Crippen molar-refractivity contribution in [3.8, 4) is 5.75 Å². The van der Waals surface area contributed by atoms with Crippen LogP contribution in [0.4, 0.5) is 5.13 Å². The van der Waals surface area contributed by atoms with Crippen LogP contribution in [0, 0.1) is 0 Å². The molecule has 1 atom stereocenters. The van der Waals surface area contributed by atoms with Crippen LogP contribution in [0.3, 0.4) is 0 Å². The minimum atomic E-state index is -0.968. The Morgan fingerprint density at radius 1 is 1.08 bits per heavy atom. The van der Waals surface area contributed by atoms with Gasteiger partial charge in [-0.2, -0.15) is 0 Å². The van der Waals surface area contributed by atoms with Gasteiger partial charge in [0, 0.05) is 0 Å². The summed E-state index contributed by atoms with van der Waals surface area (Å²) in [6.07, 6.45) is 2.96. The Labute approximate surface area is 228 Å². The van der Waals surface area contributed by atoms with Crippen molar-refractivity contribution >= 4 is 50.4 Å². The topological polar surface area (TPSA) is 106 Å². The summed E-state index contributed by atoms with van der Waals surface area (Å²) in [5, 5.41) is 11.3. The first kappa shape index (κ1) is 25.9. The highest BCUT2D eigenvalue weighted by atomic mass is 32.1. The molecule has 0 saturated carbocycles. The molecule has 0 saturated heterocycles. The van der Waals surface area contributed by atoms with Gasteiger partial charge >= 0.3 is 5.97 Å². The number of ether oxygens (including phenoxy) is 2. The van der Waals surface area contributed by atoms with Crippen LogP contribution in [-0.4, -0.2) is 41.5 Å². The van der Waals surface area contributed by atoms with Gasteiger partial charge in [0.05, 0.1) is 41.1 Å². The summed E-state index contributed by atoms with van der Waals surface area (Å²) in [4.78, 5) is 44.8. The largest absolute Gasteiger partial charge is 0.503 e. The molecule has 1 unspecified atom stereocenters. The number of carbonyl (C=O) groups excluding carboxylic acids is 3. The van der Waals surface area contributed by atoms with Crippen LogP contribution in [0.5, 0.6) is 5.75 Å². The van der Waals surface area contributed by atoms with Gasteiger partial charge < -0.3 is 14.6 Å². The molecule has 9 heteroatoms. The van der Waals surface area contributed by atoms with E-state index >= 15 is 0 Å². The number of rotatable bonds is 8. The zero-order chi connectivity index (χ0) is 27.5. The maximum absolute atomic E-state index is 13.5. The monoisotopic (exact) mass is 540 g/mol. The third-order valence-corrected chi connectivity index (χ3v) is 7.23. The van der Waals surface area contributed by atoms with Gasteiger partial charge in [-0.05, 0) is 54.5 Å². The molecule has 8 nitrogen and oxygen atoms in total. The number of hydrogen-bond donors (Lipinski definition) is 1. The lowest BCUT2D eigenvalue weighted by Crippen LogP contribution is -2.30. The molecule has 0 aliphatic carbocycles. The lowest BCUT2D eigenvalue weighted by Gasteiger charge is -2.24. The van der Waals surface area contributed by atoms with Crippen molar-refractivity contribution in [2.75, 3.05) is 18.6 Å². The van der Waals surface area contributed by atoms with E-state index in [9.17, 15) is 19.5 Å². The standard InChI is InChI=1S/C30H24N2O6S/c1-3-38-21-14-15-22-24(17-21)39-30(31-22)32-26(19-10-12-20(13-11-19)29(36)37-2)25(27(34)28(32)35)23(33)16-9-18-7-5-4-6-8-18/h4-17,26,34H,3H2,1-2H3/b16-9+.